The molecule has 0 saturated carbocycles. The Morgan fingerprint density at radius 3 is 3.11 bits per heavy atom. The van der Waals surface area contributed by atoms with Crippen LogP contribution in [-0.4, -0.2) is 33.0 Å². The number of aromatic nitrogens is 4. The third-order valence-corrected chi connectivity index (χ3v) is 3.82. The minimum atomic E-state index is -0.145. The van der Waals surface area contributed by atoms with E-state index in [1.54, 1.807) is 12.4 Å². The van der Waals surface area contributed by atoms with Crippen LogP contribution in [0.25, 0.3) is 11.4 Å². The Morgan fingerprint density at radius 2 is 2.42 bits per heavy atom. The molecule has 1 N–H and O–H groups in total. The molecule has 100 valence electrons. The molecule has 0 aromatic carbocycles. The van der Waals surface area contributed by atoms with Crippen LogP contribution in [-0.2, 0) is 10.3 Å². The van der Waals surface area contributed by atoms with Gasteiger partial charge >= 0.3 is 0 Å². The fraction of sp³-hybridized carbons (Fsp3) is 0.462. The van der Waals surface area contributed by atoms with Crippen molar-refractivity contribution in [3.63, 3.8) is 0 Å². The monoisotopic (exact) mass is 276 g/mol. The first kappa shape index (κ1) is 12.5. The number of rotatable bonds is 2. The molecule has 1 fully saturated rings. The highest BCUT2D eigenvalue weighted by Crippen LogP contribution is 2.31. The van der Waals surface area contributed by atoms with Crippen LogP contribution in [0.1, 0.15) is 19.8 Å². The van der Waals surface area contributed by atoms with E-state index in [2.05, 4.69) is 26.7 Å². The minimum Gasteiger partial charge on any atom is -0.379 e. The molecule has 1 aliphatic rings. The second-order valence-corrected chi connectivity index (χ2v) is 5.47. The first-order valence-corrected chi connectivity index (χ1v) is 6.78. The molecular weight excluding hydrogens is 260 g/mol. The van der Waals surface area contributed by atoms with Crippen molar-refractivity contribution in [2.24, 2.45) is 0 Å². The van der Waals surface area contributed by atoms with E-state index in [9.17, 15) is 0 Å². The van der Waals surface area contributed by atoms with E-state index < -0.39 is 0 Å². The standard InChI is InChI=1S/C13H16N4OS/c1-13(5-3-7-18-9-13)17-11(15-16-12(17)19)10-4-2-6-14-8-10/h2,4,6,8H,3,5,7,9H2,1H3,(H,16,19). The molecule has 1 atom stereocenters. The summed E-state index contributed by atoms with van der Waals surface area (Å²) in [6.45, 7) is 3.65. The molecule has 1 unspecified atom stereocenters. The minimum absolute atomic E-state index is 0.145. The van der Waals surface area contributed by atoms with Crippen molar-refractivity contribution in [1.29, 1.82) is 0 Å². The van der Waals surface area contributed by atoms with Gasteiger partial charge in [0, 0.05) is 24.6 Å². The maximum atomic E-state index is 5.63. The summed E-state index contributed by atoms with van der Waals surface area (Å²) in [4.78, 5) is 4.15. The Bertz CT molecular complexity index is 613. The molecular formula is C13H16N4OS. The third kappa shape index (κ3) is 2.21. The van der Waals surface area contributed by atoms with Crippen LogP contribution in [0, 0.1) is 4.77 Å². The third-order valence-electron chi connectivity index (χ3n) is 3.55. The van der Waals surface area contributed by atoms with Crippen LogP contribution >= 0.6 is 12.2 Å². The van der Waals surface area contributed by atoms with Gasteiger partial charge in [0.25, 0.3) is 0 Å². The molecule has 3 rings (SSSR count). The van der Waals surface area contributed by atoms with Gasteiger partial charge in [0.15, 0.2) is 10.6 Å². The van der Waals surface area contributed by atoms with E-state index in [0.717, 1.165) is 30.8 Å². The molecule has 1 aliphatic heterocycles. The maximum absolute atomic E-state index is 5.63. The number of hydrogen-bond donors (Lipinski definition) is 1. The highest BCUT2D eigenvalue weighted by Gasteiger charge is 2.33. The van der Waals surface area contributed by atoms with Crippen LogP contribution < -0.4 is 0 Å². The number of nitrogens with one attached hydrogen (secondary N) is 1. The van der Waals surface area contributed by atoms with Crippen LogP contribution in [0.4, 0.5) is 0 Å². The number of ether oxygens (including phenoxy) is 1. The first-order chi connectivity index (χ1) is 9.21. The SMILES string of the molecule is CC1(n2c(-c3cccnc3)n[nH]c2=S)CCCOC1. The second-order valence-electron chi connectivity index (χ2n) is 5.08. The van der Waals surface area contributed by atoms with Gasteiger partial charge in [-0.2, -0.15) is 5.10 Å². The van der Waals surface area contributed by atoms with Crippen molar-refractivity contribution >= 4 is 12.2 Å². The predicted molar refractivity (Wildman–Crippen MR) is 74.3 cm³/mol. The van der Waals surface area contributed by atoms with Crippen molar-refractivity contribution in [3.8, 4) is 11.4 Å². The largest absolute Gasteiger partial charge is 0.379 e. The molecule has 5 nitrogen and oxygen atoms in total. The highest BCUT2D eigenvalue weighted by atomic mass is 32.1. The quantitative estimate of drug-likeness (QED) is 0.856. The molecule has 0 spiro atoms. The molecule has 6 heteroatoms. The lowest BCUT2D eigenvalue weighted by Gasteiger charge is -2.35. The Labute approximate surface area is 116 Å². The fourth-order valence-corrected chi connectivity index (χ4v) is 2.93. The van der Waals surface area contributed by atoms with E-state index in [1.807, 2.05) is 12.1 Å². The topological polar surface area (TPSA) is 55.7 Å². The van der Waals surface area contributed by atoms with Crippen molar-refractivity contribution in [2.45, 2.75) is 25.3 Å². The molecule has 1 saturated heterocycles. The Morgan fingerprint density at radius 1 is 1.53 bits per heavy atom. The maximum Gasteiger partial charge on any atom is 0.196 e. The summed E-state index contributed by atoms with van der Waals surface area (Å²) in [5, 5.41) is 7.25. The zero-order chi connectivity index (χ0) is 13.3. The van der Waals surface area contributed by atoms with Crippen molar-refractivity contribution in [3.05, 3.63) is 29.3 Å². The van der Waals surface area contributed by atoms with Gasteiger partial charge in [0.2, 0.25) is 0 Å². The van der Waals surface area contributed by atoms with Crippen molar-refractivity contribution < 1.29 is 4.74 Å². The van der Waals surface area contributed by atoms with Crippen molar-refractivity contribution in [2.75, 3.05) is 13.2 Å². The first-order valence-electron chi connectivity index (χ1n) is 6.37. The Kier molecular flexibility index (Phi) is 3.20. The summed E-state index contributed by atoms with van der Waals surface area (Å²) < 4.78 is 8.33. The van der Waals surface area contributed by atoms with Gasteiger partial charge in [0.1, 0.15) is 0 Å². The van der Waals surface area contributed by atoms with Crippen molar-refractivity contribution in [1.82, 2.24) is 19.7 Å². The van der Waals surface area contributed by atoms with Crippen LogP contribution in [0.5, 0.6) is 0 Å². The lowest BCUT2D eigenvalue weighted by molar-refractivity contribution is 0.00950. The molecule has 0 bridgehead atoms. The summed E-state index contributed by atoms with van der Waals surface area (Å²) in [6, 6.07) is 3.89. The zero-order valence-electron chi connectivity index (χ0n) is 10.8. The zero-order valence-corrected chi connectivity index (χ0v) is 11.6. The van der Waals surface area contributed by atoms with E-state index in [0.29, 0.717) is 11.4 Å². The van der Waals surface area contributed by atoms with Gasteiger partial charge in [-0.25, -0.2) is 0 Å². The Balaban J connectivity index is 2.11. The number of aromatic amines is 1. The summed E-state index contributed by atoms with van der Waals surface area (Å²) in [5.41, 5.74) is 0.815. The Hall–Kier alpha value is -1.53. The van der Waals surface area contributed by atoms with E-state index >= 15 is 0 Å². The number of pyridine rings is 1. The van der Waals surface area contributed by atoms with Crippen LogP contribution in [0.2, 0.25) is 0 Å². The predicted octanol–water partition coefficient (Wildman–Crippen LogP) is 2.53. The van der Waals surface area contributed by atoms with Gasteiger partial charge in [0.05, 0.1) is 12.1 Å². The number of nitrogens with zero attached hydrogens (tertiary/aromatic N) is 3. The van der Waals surface area contributed by atoms with Gasteiger partial charge in [-0.1, -0.05) is 0 Å². The summed E-state index contributed by atoms with van der Waals surface area (Å²) in [7, 11) is 0. The number of H-pyrrole nitrogens is 1. The molecule has 0 amide bonds. The lowest BCUT2D eigenvalue weighted by atomic mass is 9.94. The summed E-state index contributed by atoms with van der Waals surface area (Å²) in [5.74, 6) is 0.825. The summed E-state index contributed by atoms with van der Waals surface area (Å²) in [6.07, 6.45) is 5.62. The molecule has 0 aliphatic carbocycles. The van der Waals surface area contributed by atoms with E-state index in [-0.39, 0.29) is 5.54 Å². The van der Waals surface area contributed by atoms with Gasteiger partial charge in [-0.3, -0.25) is 14.6 Å². The molecule has 2 aromatic heterocycles. The van der Waals surface area contributed by atoms with Gasteiger partial charge in [-0.05, 0) is 44.1 Å². The molecule has 2 aromatic rings. The van der Waals surface area contributed by atoms with E-state index in [1.165, 1.54) is 0 Å². The normalized spacial score (nSPS) is 23.4. The average molecular weight is 276 g/mol. The fourth-order valence-electron chi connectivity index (χ4n) is 2.58. The molecule has 19 heavy (non-hydrogen) atoms. The average Bonchev–Trinajstić information content (AvgIpc) is 2.83. The smallest absolute Gasteiger partial charge is 0.196 e. The number of hydrogen-bond acceptors (Lipinski definition) is 4. The lowest BCUT2D eigenvalue weighted by Crippen LogP contribution is -2.39. The van der Waals surface area contributed by atoms with Crippen LogP contribution in [0.15, 0.2) is 24.5 Å². The molecule has 3 heterocycles. The van der Waals surface area contributed by atoms with E-state index in [4.69, 9.17) is 17.0 Å². The summed E-state index contributed by atoms with van der Waals surface area (Å²) >= 11 is 5.39. The van der Waals surface area contributed by atoms with Gasteiger partial charge < -0.3 is 4.74 Å². The van der Waals surface area contributed by atoms with Crippen LogP contribution in [0.3, 0.4) is 0 Å². The second kappa shape index (κ2) is 4.86. The molecule has 0 radical (unpaired) electrons. The van der Waals surface area contributed by atoms with Gasteiger partial charge in [-0.15, -0.1) is 0 Å². The highest BCUT2D eigenvalue weighted by molar-refractivity contribution is 7.71.